The summed E-state index contributed by atoms with van der Waals surface area (Å²) in [5.41, 5.74) is 1.63. The molecule has 0 unspecified atom stereocenters. The van der Waals surface area contributed by atoms with Gasteiger partial charge in [0.2, 0.25) is 0 Å². The van der Waals surface area contributed by atoms with Crippen molar-refractivity contribution in [2.24, 2.45) is 0 Å². The summed E-state index contributed by atoms with van der Waals surface area (Å²) in [6.07, 6.45) is 2.96. The summed E-state index contributed by atoms with van der Waals surface area (Å²) in [6.45, 7) is 3.55. The molecule has 8 heteroatoms. The van der Waals surface area contributed by atoms with Gasteiger partial charge in [-0.2, -0.15) is 0 Å². The summed E-state index contributed by atoms with van der Waals surface area (Å²) in [7, 11) is 0. The van der Waals surface area contributed by atoms with Crippen LogP contribution in [0.1, 0.15) is 22.4 Å². The number of carbonyl (C=O) groups is 1. The van der Waals surface area contributed by atoms with Crippen molar-refractivity contribution >= 4 is 33.6 Å². The predicted molar refractivity (Wildman–Crippen MR) is 99.9 cm³/mol. The van der Waals surface area contributed by atoms with Crippen LogP contribution in [0.4, 0.5) is 0 Å². The molecule has 4 aromatic rings. The third-order valence-electron chi connectivity index (χ3n) is 3.75. The highest BCUT2D eigenvalue weighted by atomic mass is 32.1. The molecule has 27 heavy (non-hydrogen) atoms. The van der Waals surface area contributed by atoms with E-state index in [-0.39, 0.29) is 12.5 Å². The number of furan rings is 1. The zero-order valence-electron chi connectivity index (χ0n) is 14.6. The maximum absolute atomic E-state index is 11.9. The largest absolute Gasteiger partial charge is 0.466 e. The number of fused-ring (bicyclic) bond motifs is 1. The number of hydrogen-bond donors (Lipinski definition) is 0. The molecule has 0 radical (unpaired) electrons. The fourth-order valence-electron chi connectivity index (χ4n) is 2.55. The summed E-state index contributed by atoms with van der Waals surface area (Å²) in [5, 5.41) is 8.59. The van der Waals surface area contributed by atoms with E-state index in [1.165, 1.54) is 17.4 Å². The van der Waals surface area contributed by atoms with E-state index in [4.69, 9.17) is 13.6 Å². The molecule has 3 aromatic heterocycles. The Hall–Kier alpha value is -3.26. The molecule has 0 atom stereocenters. The van der Waals surface area contributed by atoms with Crippen LogP contribution in [0.5, 0.6) is 0 Å². The zero-order valence-corrected chi connectivity index (χ0v) is 15.4. The van der Waals surface area contributed by atoms with Gasteiger partial charge in [0, 0.05) is 6.08 Å². The number of aryl methyl sites for hydroxylation is 2. The Morgan fingerprint density at radius 2 is 2.07 bits per heavy atom. The van der Waals surface area contributed by atoms with Crippen molar-refractivity contribution in [2.75, 3.05) is 0 Å². The van der Waals surface area contributed by atoms with Crippen LogP contribution in [0, 0.1) is 13.8 Å². The summed E-state index contributed by atoms with van der Waals surface area (Å²) >= 11 is 1.50. The van der Waals surface area contributed by atoms with Crippen molar-refractivity contribution in [1.82, 2.24) is 15.2 Å². The molecule has 0 saturated carbocycles. The third-order valence-corrected chi connectivity index (χ3v) is 4.75. The fourth-order valence-corrected chi connectivity index (χ4v) is 3.42. The molecule has 0 amide bonds. The number of hydrogen-bond acceptors (Lipinski definition) is 8. The summed E-state index contributed by atoms with van der Waals surface area (Å²) in [5.74, 6) is 1.49. The van der Waals surface area contributed by atoms with E-state index in [1.54, 1.807) is 6.08 Å². The molecule has 0 saturated heterocycles. The second-order valence-electron chi connectivity index (χ2n) is 5.79. The number of thiazole rings is 1. The van der Waals surface area contributed by atoms with Gasteiger partial charge in [0.05, 0.1) is 15.8 Å². The van der Waals surface area contributed by atoms with E-state index in [0.717, 1.165) is 26.5 Å². The lowest BCUT2D eigenvalue weighted by atomic mass is 10.2. The number of aromatic nitrogens is 3. The first kappa shape index (κ1) is 17.2. The average molecular weight is 381 g/mol. The molecule has 0 bridgehead atoms. The molecule has 0 spiro atoms. The predicted octanol–water partition coefficient (Wildman–Crippen LogP) is 4.31. The summed E-state index contributed by atoms with van der Waals surface area (Å²) < 4.78 is 17.2. The number of para-hydroxylation sites is 1. The van der Waals surface area contributed by atoms with Gasteiger partial charge in [-0.25, -0.2) is 9.78 Å². The molecule has 0 aliphatic rings. The first-order valence-electron chi connectivity index (χ1n) is 8.19. The van der Waals surface area contributed by atoms with E-state index in [0.29, 0.717) is 11.7 Å². The van der Waals surface area contributed by atoms with Gasteiger partial charge in [0.15, 0.2) is 6.61 Å². The van der Waals surface area contributed by atoms with Crippen molar-refractivity contribution in [2.45, 2.75) is 20.5 Å². The molecule has 3 heterocycles. The van der Waals surface area contributed by atoms with Gasteiger partial charge < -0.3 is 13.6 Å². The summed E-state index contributed by atoms with van der Waals surface area (Å²) in [4.78, 5) is 16.3. The SMILES string of the molecule is Cc1cc(-c2nnc(COC(=O)/C=C/c3nc4ccccc4s3)o2)c(C)o1. The van der Waals surface area contributed by atoms with Crippen molar-refractivity contribution in [3.05, 3.63) is 58.8 Å². The first-order chi connectivity index (χ1) is 13.1. The third kappa shape index (κ3) is 3.80. The average Bonchev–Trinajstić information content (AvgIpc) is 3.35. The van der Waals surface area contributed by atoms with Gasteiger partial charge in [0.25, 0.3) is 11.8 Å². The van der Waals surface area contributed by atoms with Gasteiger partial charge in [-0.1, -0.05) is 12.1 Å². The minimum atomic E-state index is -0.510. The number of nitrogens with zero attached hydrogens (tertiary/aromatic N) is 3. The van der Waals surface area contributed by atoms with Gasteiger partial charge in [-0.3, -0.25) is 0 Å². The number of carbonyl (C=O) groups excluding carboxylic acids is 1. The number of benzene rings is 1. The lowest BCUT2D eigenvalue weighted by Crippen LogP contribution is -2.00. The van der Waals surface area contributed by atoms with Gasteiger partial charge in [0.1, 0.15) is 16.5 Å². The van der Waals surface area contributed by atoms with E-state index in [9.17, 15) is 4.79 Å². The van der Waals surface area contributed by atoms with Crippen LogP contribution in [0.3, 0.4) is 0 Å². The van der Waals surface area contributed by atoms with Crippen LogP contribution >= 0.6 is 11.3 Å². The second kappa shape index (κ2) is 7.16. The zero-order chi connectivity index (χ0) is 18.8. The lowest BCUT2D eigenvalue weighted by molar-refractivity contribution is -0.139. The molecule has 0 fully saturated rings. The highest BCUT2D eigenvalue weighted by molar-refractivity contribution is 7.19. The van der Waals surface area contributed by atoms with E-state index in [2.05, 4.69) is 15.2 Å². The molecule has 0 aliphatic carbocycles. The second-order valence-corrected chi connectivity index (χ2v) is 6.85. The summed E-state index contributed by atoms with van der Waals surface area (Å²) in [6, 6.07) is 9.61. The Bertz CT molecular complexity index is 1110. The maximum atomic E-state index is 11.9. The topological polar surface area (TPSA) is 91.2 Å². The molecular weight excluding hydrogens is 366 g/mol. The first-order valence-corrected chi connectivity index (χ1v) is 9.00. The highest BCUT2D eigenvalue weighted by Gasteiger charge is 2.15. The monoisotopic (exact) mass is 381 g/mol. The fraction of sp³-hybridized carbons (Fsp3) is 0.158. The Morgan fingerprint density at radius 1 is 1.22 bits per heavy atom. The molecule has 136 valence electrons. The Morgan fingerprint density at radius 3 is 2.85 bits per heavy atom. The van der Waals surface area contributed by atoms with Crippen LogP contribution < -0.4 is 0 Å². The smallest absolute Gasteiger partial charge is 0.331 e. The van der Waals surface area contributed by atoms with Crippen LogP contribution in [-0.4, -0.2) is 21.2 Å². The Balaban J connectivity index is 1.37. The van der Waals surface area contributed by atoms with Crippen LogP contribution in [-0.2, 0) is 16.1 Å². The van der Waals surface area contributed by atoms with E-state index < -0.39 is 5.97 Å². The maximum Gasteiger partial charge on any atom is 0.331 e. The molecule has 4 rings (SSSR count). The van der Waals surface area contributed by atoms with Gasteiger partial charge in [-0.05, 0) is 38.1 Å². The Kier molecular flexibility index (Phi) is 4.55. The standard InChI is InChI=1S/C19H15N3O4S/c1-11-9-13(12(2)25-11)19-22-21-16(26-19)10-24-18(23)8-7-17-20-14-5-3-4-6-15(14)27-17/h3-9H,10H2,1-2H3/b8-7+. The number of ether oxygens (including phenoxy) is 1. The van der Waals surface area contributed by atoms with Gasteiger partial charge in [-0.15, -0.1) is 21.5 Å². The normalized spacial score (nSPS) is 11.5. The quantitative estimate of drug-likeness (QED) is 0.376. The number of rotatable bonds is 5. The van der Waals surface area contributed by atoms with Crippen LogP contribution in [0.15, 0.2) is 45.2 Å². The van der Waals surface area contributed by atoms with E-state index >= 15 is 0 Å². The Labute approximate surface area is 158 Å². The molecular formula is C19H15N3O4S. The van der Waals surface area contributed by atoms with Crippen molar-refractivity contribution in [3.8, 4) is 11.5 Å². The van der Waals surface area contributed by atoms with Crippen LogP contribution in [0.25, 0.3) is 27.7 Å². The van der Waals surface area contributed by atoms with Gasteiger partial charge >= 0.3 is 5.97 Å². The van der Waals surface area contributed by atoms with Crippen LogP contribution in [0.2, 0.25) is 0 Å². The minimum Gasteiger partial charge on any atom is -0.466 e. The van der Waals surface area contributed by atoms with Crippen molar-refractivity contribution < 1.29 is 18.4 Å². The number of esters is 1. The molecule has 1 aromatic carbocycles. The minimum absolute atomic E-state index is 0.105. The molecule has 0 aliphatic heterocycles. The molecule has 0 N–H and O–H groups in total. The van der Waals surface area contributed by atoms with E-state index in [1.807, 2.05) is 44.2 Å². The van der Waals surface area contributed by atoms with Crippen molar-refractivity contribution in [3.63, 3.8) is 0 Å². The van der Waals surface area contributed by atoms with Crippen molar-refractivity contribution in [1.29, 1.82) is 0 Å². The lowest BCUT2D eigenvalue weighted by Gasteiger charge is -1.96. The highest BCUT2D eigenvalue weighted by Crippen LogP contribution is 2.25. The molecule has 7 nitrogen and oxygen atoms in total.